The lowest BCUT2D eigenvalue weighted by molar-refractivity contribution is -0.145. The van der Waals surface area contributed by atoms with Crippen molar-refractivity contribution in [2.75, 3.05) is 5.43 Å². The SMILES string of the molecule is NNc1cc(Sc2ccccc2)nc(C(F)(F)F)n1. The number of nitrogen functional groups attached to an aromatic ring is 1. The quantitative estimate of drug-likeness (QED) is 0.516. The molecule has 2 aromatic rings. The number of nitrogens with two attached hydrogens (primary N) is 1. The molecule has 0 bridgehead atoms. The summed E-state index contributed by atoms with van der Waals surface area (Å²) in [5.41, 5.74) is 2.10. The maximum absolute atomic E-state index is 12.6. The molecule has 100 valence electrons. The van der Waals surface area contributed by atoms with Crippen molar-refractivity contribution in [1.82, 2.24) is 9.97 Å². The van der Waals surface area contributed by atoms with Crippen molar-refractivity contribution in [3.8, 4) is 0 Å². The Kier molecular flexibility index (Phi) is 3.91. The Morgan fingerprint density at radius 3 is 2.37 bits per heavy atom. The number of rotatable bonds is 3. The zero-order chi connectivity index (χ0) is 13.9. The monoisotopic (exact) mass is 286 g/mol. The molecule has 0 amide bonds. The van der Waals surface area contributed by atoms with E-state index in [2.05, 4.69) is 15.4 Å². The Hall–Kier alpha value is -1.80. The van der Waals surface area contributed by atoms with Gasteiger partial charge in [0.15, 0.2) is 0 Å². The molecule has 0 fully saturated rings. The van der Waals surface area contributed by atoms with Crippen LogP contribution in [0.15, 0.2) is 46.3 Å². The number of aromatic nitrogens is 2. The van der Waals surface area contributed by atoms with Gasteiger partial charge >= 0.3 is 6.18 Å². The fourth-order valence-electron chi connectivity index (χ4n) is 1.29. The summed E-state index contributed by atoms with van der Waals surface area (Å²) in [7, 11) is 0. The standard InChI is InChI=1S/C11H9F3N4S/c12-11(13,14)10-16-8(18-15)6-9(17-10)19-7-4-2-1-3-5-7/h1-6H,15H2,(H,16,17,18). The zero-order valence-corrected chi connectivity index (χ0v) is 10.3. The minimum Gasteiger partial charge on any atom is -0.308 e. The van der Waals surface area contributed by atoms with Gasteiger partial charge < -0.3 is 5.43 Å². The third-order valence-electron chi connectivity index (χ3n) is 2.07. The molecule has 0 aliphatic carbocycles. The second-order valence-electron chi connectivity index (χ2n) is 3.47. The normalized spacial score (nSPS) is 11.4. The summed E-state index contributed by atoms with van der Waals surface area (Å²) in [4.78, 5) is 7.53. The second kappa shape index (κ2) is 5.45. The van der Waals surface area contributed by atoms with Gasteiger partial charge in [0.05, 0.1) is 0 Å². The van der Waals surface area contributed by atoms with Gasteiger partial charge in [0, 0.05) is 11.0 Å². The average molecular weight is 286 g/mol. The molecular formula is C11H9F3N4S. The molecule has 1 aromatic carbocycles. The Bertz CT molecular complexity index is 560. The molecule has 0 saturated carbocycles. The number of anilines is 1. The number of nitrogens with one attached hydrogen (secondary N) is 1. The van der Waals surface area contributed by atoms with Gasteiger partial charge in [-0.2, -0.15) is 13.2 Å². The van der Waals surface area contributed by atoms with Gasteiger partial charge in [0.25, 0.3) is 0 Å². The van der Waals surface area contributed by atoms with E-state index in [9.17, 15) is 13.2 Å². The Morgan fingerprint density at radius 1 is 1.11 bits per heavy atom. The van der Waals surface area contributed by atoms with E-state index in [0.717, 1.165) is 16.7 Å². The lowest BCUT2D eigenvalue weighted by Crippen LogP contribution is -2.16. The van der Waals surface area contributed by atoms with Crippen molar-refractivity contribution in [3.05, 3.63) is 42.2 Å². The van der Waals surface area contributed by atoms with Crippen molar-refractivity contribution in [1.29, 1.82) is 0 Å². The van der Waals surface area contributed by atoms with E-state index in [-0.39, 0.29) is 10.8 Å². The van der Waals surface area contributed by atoms with Gasteiger partial charge in [0.2, 0.25) is 5.82 Å². The molecule has 0 atom stereocenters. The van der Waals surface area contributed by atoms with Gasteiger partial charge in [-0.25, -0.2) is 15.8 Å². The van der Waals surface area contributed by atoms with Crippen molar-refractivity contribution < 1.29 is 13.2 Å². The number of hydrogen-bond donors (Lipinski definition) is 2. The van der Waals surface area contributed by atoms with Crippen LogP contribution < -0.4 is 11.3 Å². The lowest BCUT2D eigenvalue weighted by Gasteiger charge is -2.09. The summed E-state index contributed by atoms with van der Waals surface area (Å²) in [5.74, 6) is 3.80. The summed E-state index contributed by atoms with van der Waals surface area (Å²) in [5, 5.41) is 0.168. The molecular weight excluding hydrogens is 277 g/mol. The molecule has 0 radical (unpaired) electrons. The molecule has 3 N–H and O–H groups in total. The minimum atomic E-state index is -4.61. The molecule has 0 spiro atoms. The first-order chi connectivity index (χ1) is 8.99. The van der Waals surface area contributed by atoms with Crippen LogP contribution in [-0.4, -0.2) is 9.97 Å². The Morgan fingerprint density at radius 2 is 1.79 bits per heavy atom. The number of hydrogen-bond acceptors (Lipinski definition) is 5. The van der Waals surface area contributed by atoms with E-state index in [1.807, 2.05) is 6.07 Å². The zero-order valence-electron chi connectivity index (χ0n) is 9.48. The maximum atomic E-state index is 12.6. The van der Waals surface area contributed by atoms with Crippen LogP contribution in [0.3, 0.4) is 0 Å². The van der Waals surface area contributed by atoms with Crippen LogP contribution in [0, 0.1) is 0 Å². The van der Waals surface area contributed by atoms with Crippen LogP contribution in [0.25, 0.3) is 0 Å². The van der Waals surface area contributed by atoms with Crippen LogP contribution in [0.2, 0.25) is 0 Å². The smallest absolute Gasteiger partial charge is 0.308 e. The summed E-state index contributed by atoms with van der Waals surface area (Å²) in [6.45, 7) is 0. The summed E-state index contributed by atoms with van der Waals surface area (Å²) in [6, 6.07) is 10.3. The van der Waals surface area contributed by atoms with Crippen molar-refractivity contribution in [2.45, 2.75) is 16.1 Å². The van der Waals surface area contributed by atoms with Gasteiger partial charge in [-0.1, -0.05) is 30.0 Å². The van der Waals surface area contributed by atoms with Crippen LogP contribution in [0.4, 0.5) is 19.0 Å². The average Bonchev–Trinajstić information content (AvgIpc) is 2.38. The number of nitrogens with zero attached hydrogens (tertiary/aromatic N) is 2. The molecule has 1 heterocycles. The second-order valence-corrected chi connectivity index (χ2v) is 4.57. The van der Waals surface area contributed by atoms with E-state index in [4.69, 9.17) is 5.84 Å². The minimum absolute atomic E-state index is 0.0826. The number of benzene rings is 1. The van der Waals surface area contributed by atoms with Crippen molar-refractivity contribution in [2.24, 2.45) is 5.84 Å². The van der Waals surface area contributed by atoms with Crippen molar-refractivity contribution >= 4 is 17.6 Å². The molecule has 19 heavy (non-hydrogen) atoms. The van der Waals surface area contributed by atoms with Crippen molar-refractivity contribution in [3.63, 3.8) is 0 Å². The number of alkyl halides is 3. The topological polar surface area (TPSA) is 63.8 Å². The highest BCUT2D eigenvalue weighted by atomic mass is 32.2. The van der Waals surface area contributed by atoms with E-state index in [1.165, 1.54) is 6.07 Å². The first-order valence-corrected chi connectivity index (χ1v) is 5.96. The number of halogens is 3. The fourth-order valence-corrected chi connectivity index (χ4v) is 2.12. The third-order valence-corrected chi connectivity index (χ3v) is 3.00. The van der Waals surface area contributed by atoms with Gasteiger partial charge in [-0.15, -0.1) is 0 Å². The largest absolute Gasteiger partial charge is 0.451 e. The third kappa shape index (κ3) is 3.58. The maximum Gasteiger partial charge on any atom is 0.451 e. The predicted molar refractivity (Wildman–Crippen MR) is 65.4 cm³/mol. The summed E-state index contributed by atoms with van der Waals surface area (Å²) < 4.78 is 37.9. The fraction of sp³-hybridized carbons (Fsp3) is 0.0909. The molecule has 8 heteroatoms. The van der Waals surface area contributed by atoms with Crippen LogP contribution in [0.1, 0.15) is 5.82 Å². The van der Waals surface area contributed by atoms with Crippen LogP contribution in [0.5, 0.6) is 0 Å². The number of hydrazine groups is 1. The molecule has 0 aliphatic heterocycles. The van der Waals surface area contributed by atoms with E-state index in [0.29, 0.717) is 0 Å². The predicted octanol–water partition coefficient (Wildman–Crippen LogP) is 2.93. The van der Waals surface area contributed by atoms with E-state index in [1.54, 1.807) is 24.3 Å². The van der Waals surface area contributed by atoms with Gasteiger partial charge in [-0.05, 0) is 12.1 Å². The van der Waals surface area contributed by atoms with E-state index >= 15 is 0 Å². The Balaban J connectivity index is 2.35. The van der Waals surface area contributed by atoms with Gasteiger partial charge in [0.1, 0.15) is 10.8 Å². The molecule has 1 aromatic heterocycles. The molecule has 0 unspecified atom stereocenters. The van der Waals surface area contributed by atoms with E-state index < -0.39 is 12.0 Å². The highest BCUT2D eigenvalue weighted by molar-refractivity contribution is 7.99. The van der Waals surface area contributed by atoms with Crippen LogP contribution >= 0.6 is 11.8 Å². The highest BCUT2D eigenvalue weighted by Gasteiger charge is 2.35. The summed E-state index contributed by atoms with van der Waals surface area (Å²) in [6.07, 6.45) is -4.61. The lowest BCUT2D eigenvalue weighted by atomic mass is 10.4. The first-order valence-electron chi connectivity index (χ1n) is 5.15. The summed E-state index contributed by atoms with van der Waals surface area (Å²) >= 11 is 1.10. The molecule has 0 aliphatic rings. The highest BCUT2D eigenvalue weighted by Crippen LogP contribution is 2.32. The first kappa shape index (κ1) is 13.6. The Labute approximate surface area is 111 Å². The molecule has 0 saturated heterocycles. The molecule has 2 rings (SSSR count). The van der Waals surface area contributed by atoms with Crippen LogP contribution in [-0.2, 0) is 6.18 Å². The molecule has 4 nitrogen and oxygen atoms in total. The van der Waals surface area contributed by atoms with Gasteiger partial charge in [-0.3, -0.25) is 0 Å².